The Labute approximate surface area is 146 Å². The highest BCUT2D eigenvalue weighted by Gasteiger charge is 2.13. The topological polar surface area (TPSA) is 66.4 Å². The van der Waals surface area contributed by atoms with Gasteiger partial charge in [-0.2, -0.15) is 0 Å². The molecule has 0 aliphatic rings. The van der Waals surface area contributed by atoms with E-state index in [1.807, 2.05) is 0 Å². The van der Waals surface area contributed by atoms with Crippen LogP contribution in [-0.4, -0.2) is 40.7 Å². The molecule has 0 aliphatic carbocycles. The lowest BCUT2D eigenvalue weighted by molar-refractivity contribution is 0.324. The molecule has 2 aromatic rings. The van der Waals surface area contributed by atoms with E-state index in [0.29, 0.717) is 34.1 Å². The zero-order valence-corrected chi connectivity index (χ0v) is 14.8. The number of rotatable bonds is 5. The zero-order chi connectivity index (χ0) is 18.4. The Morgan fingerprint density at radius 3 is 1.40 bits per heavy atom. The first kappa shape index (κ1) is 18.1. The Balaban J connectivity index is 2.46. The Morgan fingerprint density at radius 2 is 1.00 bits per heavy atom. The maximum atomic E-state index is 10.0. The third-order valence-electron chi connectivity index (χ3n) is 3.48. The van der Waals surface area contributed by atoms with Gasteiger partial charge < -0.3 is 28.8 Å². The summed E-state index contributed by atoms with van der Waals surface area (Å²) in [7, 11) is 7.58. The molecular formula is C19H20O6. The molecule has 2 aromatic carbocycles. The summed E-state index contributed by atoms with van der Waals surface area (Å²) in [5, 5.41) is 10.0. The second-order valence-corrected chi connectivity index (χ2v) is 4.89. The SMILES string of the molecule is COc1cc(C#Cc2cc(OC)c(OC)c(OC)c2)cc(O)c1OC. The van der Waals surface area contributed by atoms with Gasteiger partial charge in [0.15, 0.2) is 23.0 Å². The van der Waals surface area contributed by atoms with E-state index in [-0.39, 0.29) is 11.5 Å². The van der Waals surface area contributed by atoms with Crippen molar-refractivity contribution in [3.05, 3.63) is 35.4 Å². The minimum Gasteiger partial charge on any atom is -0.504 e. The van der Waals surface area contributed by atoms with E-state index in [9.17, 15) is 5.11 Å². The van der Waals surface area contributed by atoms with Crippen molar-refractivity contribution in [2.45, 2.75) is 0 Å². The van der Waals surface area contributed by atoms with Crippen molar-refractivity contribution in [1.29, 1.82) is 0 Å². The van der Waals surface area contributed by atoms with Crippen LogP contribution in [0.5, 0.6) is 34.5 Å². The van der Waals surface area contributed by atoms with Gasteiger partial charge in [-0.3, -0.25) is 0 Å². The molecule has 0 saturated heterocycles. The summed E-state index contributed by atoms with van der Waals surface area (Å²) in [5.41, 5.74) is 1.24. The highest BCUT2D eigenvalue weighted by Crippen LogP contribution is 2.38. The van der Waals surface area contributed by atoms with Crippen LogP contribution in [0.25, 0.3) is 0 Å². The van der Waals surface area contributed by atoms with Crippen LogP contribution in [0.2, 0.25) is 0 Å². The maximum absolute atomic E-state index is 10.0. The summed E-state index contributed by atoms with van der Waals surface area (Å²) in [6.45, 7) is 0. The largest absolute Gasteiger partial charge is 0.504 e. The number of aromatic hydroxyl groups is 1. The van der Waals surface area contributed by atoms with Crippen molar-refractivity contribution in [3.63, 3.8) is 0 Å². The number of ether oxygens (including phenoxy) is 5. The number of phenols is 1. The molecule has 0 fully saturated rings. The second-order valence-electron chi connectivity index (χ2n) is 4.89. The van der Waals surface area contributed by atoms with Gasteiger partial charge in [0.1, 0.15) is 0 Å². The molecule has 0 aliphatic heterocycles. The summed E-state index contributed by atoms with van der Waals surface area (Å²) >= 11 is 0. The maximum Gasteiger partial charge on any atom is 0.203 e. The van der Waals surface area contributed by atoms with Crippen LogP contribution in [0.3, 0.4) is 0 Å². The fraction of sp³-hybridized carbons (Fsp3) is 0.263. The van der Waals surface area contributed by atoms with Gasteiger partial charge in [-0.1, -0.05) is 11.8 Å². The summed E-state index contributed by atoms with van der Waals surface area (Å²) in [6, 6.07) is 6.68. The van der Waals surface area contributed by atoms with Gasteiger partial charge in [-0.05, 0) is 24.3 Å². The van der Waals surface area contributed by atoms with Crippen LogP contribution in [0.1, 0.15) is 11.1 Å². The van der Waals surface area contributed by atoms with Gasteiger partial charge in [0.2, 0.25) is 11.5 Å². The zero-order valence-electron chi connectivity index (χ0n) is 14.8. The van der Waals surface area contributed by atoms with E-state index >= 15 is 0 Å². The normalized spacial score (nSPS) is 9.64. The van der Waals surface area contributed by atoms with E-state index < -0.39 is 0 Å². The minimum absolute atomic E-state index is 0.0453. The highest BCUT2D eigenvalue weighted by atomic mass is 16.5. The summed E-state index contributed by atoms with van der Waals surface area (Å²) in [6.07, 6.45) is 0. The van der Waals surface area contributed by atoms with E-state index in [1.165, 1.54) is 27.4 Å². The third kappa shape index (κ3) is 3.83. The molecule has 0 radical (unpaired) electrons. The molecule has 0 spiro atoms. The van der Waals surface area contributed by atoms with Crippen LogP contribution >= 0.6 is 0 Å². The molecule has 0 heterocycles. The Morgan fingerprint density at radius 1 is 0.600 bits per heavy atom. The van der Waals surface area contributed by atoms with Crippen molar-refractivity contribution in [3.8, 4) is 46.3 Å². The van der Waals surface area contributed by atoms with E-state index in [2.05, 4.69) is 11.8 Å². The van der Waals surface area contributed by atoms with Crippen molar-refractivity contribution < 1.29 is 28.8 Å². The molecular weight excluding hydrogens is 324 g/mol. The van der Waals surface area contributed by atoms with Crippen LogP contribution in [0, 0.1) is 11.8 Å². The van der Waals surface area contributed by atoms with Crippen LogP contribution in [-0.2, 0) is 0 Å². The molecule has 0 atom stereocenters. The highest BCUT2D eigenvalue weighted by molar-refractivity contribution is 5.60. The van der Waals surface area contributed by atoms with Gasteiger partial charge in [0.25, 0.3) is 0 Å². The van der Waals surface area contributed by atoms with Crippen LogP contribution in [0.15, 0.2) is 24.3 Å². The average molecular weight is 344 g/mol. The Hall–Kier alpha value is -3.20. The Bertz CT molecular complexity index is 792. The molecule has 132 valence electrons. The molecule has 1 N–H and O–H groups in total. The molecule has 2 rings (SSSR count). The molecule has 25 heavy (non-hydrogen) atoms. The first-order chi connectivity index (χ1) is 12.1. The lowest BCUT2D eigenvalue weighted by Crippen LogP contribution is -1.95. The smallest absolute Gasteiger partial charge is 0.203 e. The van der Waals surface area contributed by atoms with Gasteiger partial charge in [0.05, 0.1) is 35.5 Å². The van der Waals surface area contributed by atoms with Crippen molar-refractivity contribution in [2.24, 2.45) is 0 Å². The van der Waals surface area contributed by atoms with Gasteiger partial charge >= 0.3 is 0 Å². The molecule has 6 nitrogen and oxygen atoms in total. The third-order valence-corrected chi connectivity index (χ3v) is 3.48. The standard InChI is InChI=1S/C19H20O6/c1-21-15-9-12(8-14(20)18(15)24-4)6-7-13-10-16(22-2)19(25-5)17(11-13)23-3/h8-11,20H,1-5H3. The van der Waals surface area contributed by atoms with Gasteiger partial charge in [0, 0.05) is 11.1 Å². The predicted octanol–water partition coefficient (Wildman–Crippen LogP) is 2.84. The number of hydrogen-bond acceptors (Lipinski definition) is 6. The second kappa shape index (κ2) is 8.06. The van der Waals surface area contributed by atoms with Gasteiger partial charge in [-0.15, -0.1) is 0 Å². The number of benzene rings is 2. The average Bonchev–Trinajstić information content (AvgIpc) is 2.64. The lowest BCUT2D eigenvalue weighted by Gasteiger charge is -2.12. The van der Waals surface area contributed by atoms with Crippen molar-refractivity contribution in [1.82, 2.24) is 0 Å². The van der Waals surface area contributed by atoms with E-state index in [0.717, 1.165) is 0 Å². The fourth-order valence-corrected chi connectivity index (χ4v) is 2.31. The van der Waals surface area contributed by atoms with E-state index in [1.54, 1.807) is 32.4 Å². The van der Waals surface area contributed by atoms with Crippen LogP contribution in [0.4, 0.5) is 0 Å². The van der Waals surface area contributed by atoms with E-state index in [4.69, 9.17) is 23.7 Å². The number of hydrogen-bond donors (Lipinski definition) is 1. The molecule has 0 amide bonds. The molecule has 0 saturated carbocycles. The Kier molecular flexibility index (Phi) is 5.85. The number of methoxy groups -OCH3 is 5. The summed E-state index contributed by atoms with van der Waals surface area (Å²) in [5.74, 6) is 8.12. The summed E-state index contributed by atoms with van der Waals surface area (Å²) < 4.78 is 26.2. The first-order valence-electron chi connectivity index (χ1n) is 7.34. The monoisotopic (exact) mass is 344 g/mol. The van der Waals surface area contributed by atoms with Crippen molar-refractivity contribution >= 4 is 0 Å². The van der Waals surface area contributed by atoms with Gasteiger partial charge in [-0.25, -0.2) is 0 Å². The number of phenolic OH excluding ortho intramolecular Hbond substituents is 1. The molecule has 0 unspecified atom stereocenters. The fourth-order valence-electron chi connectivity index (χ4n) is 2.31. The summed E-state index contributed by atoms with van der Waals surface area (Å²) in [4.78, 5) is 0. The first-order valence-corrected chi connectivity index (χ1v) is 7.34. The molecule has 0 bridgehead atoms. The van der Waals surface area contributed by atoms with Crippen LogP contribution < -0.4 is 23.7 Å². The lowest BCUT2D eigenvalue weighted by atomic mass is 10.1. The van der Waals surface area contributed by atoms with Crippen molar-refractivity contribution in [2.75, 3.05) is 35.5 Å². The minimum atomic E-state index is -0.0453. The quantitative estimate of drug-likeness (QED) is 0.842. The molecule has 6 heteroatoms. The molecule has 0 aromatic heterocycles. The predicted molar refractivity (Wildman–Crippen MR) is 93.3 cm³/mol.